The molecule has 1 N–H and O–H groups in total. The molecule has 0 spiro atoms. The molecule has 0 saturated heterocycles. The summed E-state index contributed by atoms with van der Waals surface area (Å²) in [7, 11) is 0. The maximum Gasteiger partial charge on any atom is 0.0935 e. The van der Waals surface area contributed by atoms with Crippen molar-refractivity contribution in [3.05, 3.63) is 24.2 Å². The van der Waals surface area contributed by atoms with Crippen molar-refractivity contribution in [1.82, 2.24) is 0 Å². The zero-order valence-electron chi connectivity index (χ0n) is 9.48. The van der Waals surface area contributed by atoms with Crippen molar-refractivity contribution in [3.8, 4) is 0 Å². The summed E-state index contributed by atoms with van der Waals surface area (Å²) in [6, 6.07) is 1.87. The Kier molecular flexibility index (Phi) is 5.43. The highest BCUT2D eigenvalue weighted by Crippen LogP contribution is 2.13. The van der Waals surface area contributed by atoms with Gasteiger partial charge < -0.3 is 14.3 Å². The van der Waals surface area contributed by atoms with E-state index in [-0.39, 0.29) is 6.10 Å². The topological polar surface area (TPSA) is 42.6 Å². The quantitative estimate of drug-likeness (QED) is 0.754. The molecule has 0 radical (unpaired) electrons. The zero-order valence-corrected chi connectivity index (χ0v) is 9.48. The van der Waals surface area contributed by atoms with Crippen molar-refractivity contribution >= 4 is 0 Å². The Morgan fingerprint density at radius 1 is 1.47 bits per heavy atom. The fourth-order valence-electron chi connectivity index (χ4n) is 1.67. The van der Waals surface area contributed by atoms with Crippen molar-refractivity contribution in [1.29, 1.82) is 0 Å². The van der Waals surface area contributed by atoms with Gasteiger partial charge in [-0.15, -0.1) is 0 Å². The smallest absolute Gasteiger partial charge is 0.0935 e. The molecule has 1 rings (SSSR count). The van der Waals surface area contributed by atoms with Crippen molar-refractivity contribution in [2.75, 3.05) is 6.61 Å². The van der Waals surface area contributed by atoms with Crippen molar-refractivity contribution in [3.63, 3.8) is 0 Å². The van der Waals surface area contributed by atoms with E-state index in [2.05, 4.69) is 6.92 Å². The highest BCUT2D eigenvalue weighted by molar-refractivity contribution is 5.07. The van der Waals surface area contributed by atoms with Gasteiger partial charge in [0.05, 0.1) is 24.7 Å². The first-order valence-corrected chi connectivity index (χ1v) is 5.58. The van der Waals surface area contributed by atoms with Crippen LogP contribution < -0.4 is 0 Å². The monoisotopic (exact) mass is 212 g/mol. The molecule has 0 fully saturated rings. The second-order valence-electron chi connectivity index (χ2n) is 3.69. The molecule has 0 aliphatic rings. The largest absolute Gasteiger partial charge is 0.472 e. The first kappa shape index (κ1) is 12.3. The lowest BCUT2D eigenvalue weighted by Crippen LogP contribution is -2.30. The van der Waals surface area contributed by atoms with Gasteiger partial charge in [0, 0.05) is 13.0 Å². The SMILES string of the molecule is CCCC(OCC)C(O)Cc1ccoc1. The Morgan fingerprint density at radius 3 is 2.80 bits per heavy atom. The van der Waals surface area contributed by atoms with Crippen LogP contribution in [-0.4, -0.2) is 23.9 Å². The summed E-state index contributed by atoms with van der Waals surface area (Å²) >= 11 is 0. The summed E-state index contributed by atoms with van der Waals surface area (Å²) < 4.78 is 10.5. The highest BCUT2D eigenvalue weighted by Gasteiger charge is 2.19. The van der Waals surface area contributed by atoms with Gasteiger partial charge in [-0.05, 0) is 25.0 Å². The minimum Gasteiger partial charge on any atom is -0.472 e. The fourth-order valence-corrected chi connectivity index (χ4v) is 1.67. The molecule has 3 heteroatoms. The van der Waals surface area contributed by atoms with Crippen LogP contribution in [0, 0.1) is 0 Å². The lowest BCUT2D eigenvalue weighted by molar-refractivity contribution is -0.0363. The number of furan rings is 1. The average molecular weight is 212 g/mol. The van der Waals surface area contributed by atoms with Crippen LogP contribution >= 0.6 is 0 Å². The van der Waals surface area contributed by atoms with Crippen LogP contribution in [0.5, 0.6) is 0 Å². The molecular weight excluding hydrogens is 192 g/mol. The number of hydrogen-bond acceptors (Lipinski definition) is 3. The summed E-state index contributed by atoms with van der Waals surface area (Å²) in [5, 5.41) is 9.98. The van der Waals surface area contributed by atoms with E-state index in [0.29, 0.717) is 13.0 Å². The molecule has 0 aromatic carbocycles. The fraction of sp³-hybridized carbons (Fsp3) is 0.667. The molecule has 1 aromatic heterocycles. The molecule has 2 atom stereocenters. The second kappa shape index (κ2) is 6.64. The molecule has 3 nitrogen and oxygen atoms in total. The van der Waals surface area contributed by atoms with Gasteiger partial charge in [0.15, 0.2) is 0 Å². The molecule has 1 aromatic rings. The van der Waals surface area contributed by atoms with E-state index in [0.717, 1.165) is 18.4 Å². The van der Waals surface area contributed by atoms with Crippen LogP contribution in [0.4, 0.5) is 0 Å². The number of aliphatic hydroxyl groups is 1. The zero-order chi connectivity index (χ0) is 11.1. The van der Waals surface area contributed by atoms with E-state index in [1.165, 1.54) is 0 Å². The van der Waals surface area contributed by atoms with E-state index >= 15 is 0 Å². The summed E-state index contributed by atoms with van der Waals surface area (Å²) in [5.74, 6) is 0. The summed E-state index contributed by atoms with van der Waals surface area (Å²) in [5.41, 5.74) is 1.02. The van der Waals surface area contributed by atoms with Gasteiger partial charge in [-0.25, -0.2) is 0 Å². The Morgan fingerprint density at radius 2 is 2.27 bits per heavy atom. The van der Waals surface area contributed by atoms with E-state index in [4.69, 9.17) is 9.15 Å². The van der Waals surface area contributed by atoms with Crippen LogP contribution in [0.25, 0.3) is 0 Å². The second-order valence-corrected chi connectivity index (χ2v) is 3.69. The first-order chi connectivity index (χ1) is 7.27. The minimum absolute atomic E-state index is 0.0603. The molecule has 86 valence electrons. The average Bonchev–Trinajstić information content (AvgIpc) is 2.70. The van der Waals surface area contributed by atoms with E-state index in [1.54, 1.807) is 12.5 Å². The number of rotatable bonds is 7. The molecule has 15 heavy (non-hydrogen) atoms. The van der Waals surface area contributed by atoms with Crippen LogP contribution in [0.3, 0.4) is 0 Å². The molecule has 1 heterocycles. The highest BCUT2D eigenvalue weighted by atomic mass is 16.5. The number of hydrogen-bond donors (Lipinski definition) is 1. The number of aliphatic hydroxyl groups excluding tert-OH is 1. The molecule has 0 aliphatic heterocycles. The molecule has 0 amide bonds. The van der Waals surface area contributed by atoms with Crippen LogP contribution in [0.1, 0.15) is 32.3 Å². The lowest BCUT2D eigenvalue weighted by Gasteiger charge is -2.21. The Bertz CT molecular complexity index is 237. The Labute approximate surface area is 91.1 Å². The summed E-state index contributed by atoms with van der Waals surface area (Å²) in [6.07, 6.45) is 5.30. The molecular formula is C12H20O3. The van der Waals surface area contributed by atoms with Gasteiger partial charge >= 0.3 is 0 Å². The Hall–Kier alpha value is -0.800. The normalized spacial score (nSPS) is 15.1. The summed E-state index contributed by atoms with van der Waals surface area (Å²) in [4.78, 5) is 0. The van der Waals surface area contributed by atoms with Crippen LogP contribution in [-0.2, 0) is 11.2 Å². The third-order valence-electron chi connectivity index (χ3n) is 2.41. The van der Waals surface area contributed by atoms with Gasteiger partial charge in [0.25, 0.3) is 0 Å². The van der Waals surface area contributed by atoms with Gasteiger partial charge in [0.2, 0.25) is 0 Å². The third kappa shape index (κ3) is 4.06. The van der Waals surface area contributed by atoms with Gasteiger partial charge in [-0.2, -0.15) is 0 Å². The minimum atomic E-state index is -0.442. The van der Waals surface area contributed by atoms with Gasteiger partial charge in [-0.1, -0.05) is 13.3 Å². The standard InChI is InChI=1S/C12H20O3/c1-3-5-12(15-4-2)11(13)8-10-6-7-14-9-10/h6-7,9,11-13H,3-5,8H2,1-2H3. The molecule has 0 bridgehead atoms. The lowest BCUT2D eigenvalue weighted by atomic mass is 10.0. The molecule has 0 aliphatic carbocycles. The van der Waals surface area contributed by atoms with Gasteiger partial charge in [-0.3, -0.25) is 0 Å². The van der Waals surface area contributed by atoms with Crippen molar-refractivity contribution in [2.45, 2.75) is 45.3 Å². The maximum atomic E-state index is 9.98. The van der Waals surface area contributed by atoms with E-state index < -0.39 is 6.10 Å². The predicted molar refractivity (Wildman–Crippen MR) is 58.7 cm³/mol. The summed E-state index contributed by atoms with van der Waals surface area (Å²) in [6.45, 7) is 4.69. The molecule has 0 saturated carbocycles. The van der Waals surface area contributed by atoms with Crippen molar-refractivity contribution < 1.29 is 14.3 Å². The van der Waals surface area contributed by atoms with E-state index in [1.807, 2.05) is 13.0 Å². The van der Waals surface area contributed by atoms with Gasteiger partial charge in [0.1, 0.15) is 0 Å². The van der Waals surface area contributed by atoms with E-state index in [9.17, 15) is 5.11 Å². The van der Waals surface area contributed by atoms with Crippen molar-refractivity contribution in [2.24, 2.45) is 0 Å². The number of ether oxygens (including phenoxy) is 1. The third-order valence-corrected chi connectivity index (χ3v) is 2.41. The van der Waals surface area contributed by atoms with Crippen LogP contribution in [0.2, 0.25) is 0 Å². The predicted octanol–water partition coefficient (Wildman–Crippen LogP) is 2.39. The first-order valence-electron chi connectivity index (χ1n) is 5.58. The maximum absolute atomic E-state index is 9.98. The molecule has 2 unspecified atom stereocenters. The Balaban J connectivity index is 2.44. The van der Waals surface area contributed by atoms with Crippen LogP contribution in [0.15, 0.2) is 23.0 Å².